The Balaban J connectivity index is 1.04. The molecule has 4 heteroatoms. The standard InChI is InChI=1S/C64H52N2O2/c1-37-14-18-41(5)55(26-37)65(56-27-38(2)15-19-42(56)6)50-24-22-46-32-52-53-36-61-63(62(45-12-10-9-11-13-45)64(53)68-59(52)34-48(46)30-50)54-33-47-23-25-51(31-49(47)35-60(54)67-61)66(57-28-39(3)16-20-43(57)7)58-29-40(4)17-21-44(58)8/h9-36H,1-8H3. The molecule has 0 aliphatic carbocycles. The van der Waals surface area contributed by atoms with E-state index in [1.165, 1.54) is 67.3 Å². The lowest BCUT2D eigenvalue weighted by atomic mass is 9.95. The van der Waals surface area contributed by atoms with Gasteiger partial charge in [0.25, 0.3) is 0 Å². The maximum atomic E-state index is 7.10. The Morgan fingerprint density at radius 2 is 0.765 bits per heavy atom. The first kappa shape index (κ1) is 41.4. The van der Waals surface area contributed by atoms with Crippen molar-refractivity contribution in [3.8, 4) is 11.1 Å². The van der Waals surface area contributed by atoms with Crippen LogP contribution in [0.25, 0.3) is 76.5 Å². The Morgan fingerprint density at radius 1 is 0.324 bits per heavy atom. The molecule has 0 fully saturated rings. The van der Waals surface area contributed by atoms with Gasteiger partial charge in [-0.2, -0.15) is 0 Å². The van der Waals surface area contributed by atoms with Crippen molar-refractivity contribution in [1.29, 1.82) is 0 Å². The van der Waals surface area contributed by atoms with Gasteiger partial charge in [0.2, 0.25) is 0 Å². The van der Waals surface area contributed by atoms with Crippen LogP contribution in [0.2, 0.25) is 0 Å². The molecule has 0 saturated carbocycles. The summed E-state index contributed by atoms with van der Waals surface area (Å²) in [4.78, 5) is 4.83. The number of hydrogen-bond acceptors (Lipinski definition) is 4. The van der Waals surface area contributed by atoms with E-state index in [1.54, 1.807) is 0 Å². The Labute approximate surface area is 397 Å². The van der Waals surface area contributed by atoms with E-state index in [9.17, 15) is 0 Å². The lowest BCUT2D eigenvalue weighted by Crippen LogP contribution is -2.13. The SMILES string of the molecule is Cc1ccc(C)c(N(c2ccc3cc4c(cc3c2)oc2c(-c3ccccc3)c3c(cc24)oc2cc4cc(N(c5cc(C)ccc5C)c5cc(C)ccc5C)ccc4cc23)c2cc(C)ccc2C)c1. The van der Waals surface area contributed by atoms with Gasteiger partial charge < -0.3 is 18.6 Å². The second kappa shape index (κ2) is 15.8. The van der Waals surface area contributed by atoms with Gasteiger partial charge in [-0.1, -0.05) is 91.0 Å². The molecule has 2 heterocycles. The molecule has 0 spiro atoms. The predicted molar refractivity (Wildman–Crippen MR) is 289 cm³/mol. The molecule has 10 aromatic carbocycles. The van der Waals surface area contributed by atoms with Crippen molar-refractivity contribution in [2.24, 2.45) is 0 Å². The topological polar surface area (TPSA) is 32.8 Å². The third-order valence-electron chi connectivity index (χ3n) is 14.1. The summed E-state index contributed by atoms with van der Waals surface area (Å²) in [5.41, 5.74) is 22.2. The molecular weight excluding hydrogens is 829 g/mol. The zero-order chi connectivity index (χ0) is 46.5. The summed E-state index contributed by atoms with van der Waals surface area (Å²) in [6.45, 7) is 17.5. The summed E-state index contributed by atoms with van der Waals surface area (Å²) in [7, 11) is 0. The van der Waals surface area contributed by atoms with Crippen LogP contribution >= 0.6 is 0 Å². The van der Waals surface area contributed by atoms with Crippen molar-refractivity contribution in [2.45, 2.75) is 55.4 Å². The Bertz CT molecular complexity index is 3790. The smallest absolute Gasteiger partial charge is 0.144 e. The fraction of sp³-hybridized carbons (Fsp3) is 0.125. The lowest BCUT2D eigenvalue weighted by Gasteiger charge is -2.29. The van der Waals surface area contributed by atoms with E-state index in [-0.39, 0.29) is 0 Å². The minimum Gasteiger partial charge on any atom is -0.456 e. The number of furan rings is 2. The summed E-state index contributed by atoms with van der Waals surface area (Å²) < 4.78 is 14.1. The van der Waals surface area contributed by atoms with Gasteiger partial charge in [0.1, 0.15) is 22.3 Å². The van der Waals surface area contributed by atoms with Crippen molar-refractivity contribution >= 4 is 99.5 Å². The molecule has 4 nitrogen and oxygen atoms in total. The van der Waals surface area contributed by atoms with Gasteiger partial charge in [-0.25, -0.2) is 0 Å². The Kier molecular flexibility index (Phi) is 9.60. The van der Waals surface area contributed by atoms with Crippen LogP contribution in [-0.2, 0) is 0 Å². The van der Waals surface area contributed by atoms with Crippen molar-refractivity contribution in [3.05, 3.63) is 214 Å². The maximum absolute atomic E-state index is 7.10. The quantitative estimate of drug-likeness (QED) is 0.160. The van der Waals surface area contributed by atoms with Crippen molar-refractivity contribution in [2.75, 3.05) is 9.80 Å². The number of hydrogen-bond donors (Lipinski definition) is 0. The molecule has 0 radical (unpaired) electrons. The minimum absolute atomic E-state index is 0.838. The van der Waals surface area contributed by atoms with E-state index >= 15 is 0 Å². The molecule has 0 saturated heterocycles. The average molecular weight is 881 g/mol. The first-order chi connectivity index (χ1) is 32.9. The molecule has 0 unspecified atom stereocenters. The van der Waals surface area contributed by atoms with E-state index in [4.69, 9.17) is 8.83 Å². The van der Waals surface area contributed by atoms with E-state index in [0.717, 1.165) is 87.9 Å². The van der Waals surface area contributed by atoms with Crippen LogP contribution in [0, 0.1) is 55.4 Å². The molecule has 0 aliphatic heterocycles. The van der Waals surface area contributed by atoms with Crippen LogP contribution in [0.1, 0.15) is 44.5 Å². The van der Waals surface area contributed by atoms with Crippen LogP contribution < -0.4 is 9.80 Å². The molecule has 0 bridgehead atoms. The first-order valence-electron chi connectivity index (χ1n) is 23.6. The van der Waals surface area contributed by atoms with Crippen molar-refractivity contribution in [3.63, 3.8) is 0 Å². The van der Waals surface area contributed by atoms with Crippen LogP contribution in [-0.4, -0.2) is 0 Å². The van der Waals surface area contributed by atoms with Gasteiger partial charge in [0.05, 0.1) is 0 Å². The number of nitrogens with zero attached hydrogens (tertiary/aromatic N) is 2. The summed E-state index contributed by atoms with van der Waals surface area (Å²) >= 11 is 0. The second-order valence-electron chi connectivity index (χ2n) is 19.2. The average Bonchev–Trinajstić information content (AvgIpc) is 3.87. The van der Waals surface area contributed by atoms with Crippen LogP contribution in [0.5, 0.6) is 0 Å². The van der Waals surface area contributed by atoms with Gasteiger partial charge in [0.15, 0.2) is 0 Å². The third kappa shape index (κ3) is 6.82. The predicted octanol–water partition coefficient (Wildman–Crippen LogP) is 18.9. The number of anilines is 6. The molecule has 12 rings (SSSR count). The molecule has 330 valence electrons. The van der Waals surface area contributed by atoms with Gasteiger partial charge >= 0.3 is 0 Å². The number of aryl methyl sites for hydroxylation is 8. The molecule has 2 aromatic heterocycles. The van der Waals surface area contributed by atoms with Crippen LogP contribution in [0.15, 0.2) is 179 Å². The maximum Gasteiger partial charge on any atom is 0.144 e. The fourth-order valence-electron chi connectivity index (χ4n) is 10.4. The van der Waals surface area contributed by atoms with Crippen molar-refractivity contribution < 1.29 is 8.83 Å². The van der Waals surface area contributed by atoms with Gasteiger partial charge in [-0.3, -0.25) is 0 Å². The van der Waals surface area contributed by atoms with Gasteiger partial charge in [-0.15, -0.1) is 0 Å². The molecule has 12 aromatic rings. The Morgan fingerprint density at radius 3 is 1.24 bits per heavy atom. The van der Waals surface area contributed by atoms with Crippen LogP contribution in [0.3, 0.4) is 0 Å². The molecular formula is C64H52N2O2. The summed E-state index contributed by atoms with van der Waals surface area (Å²) in [5.74, 6) is 0. The molecule has 0 N–H and O–H groups in total. The minimum atomic E-state index is 0.838. The lowest BCUT2D eigenvalue weighted by molar-refractivity contribution is 0.665. The number of rotatable bonds is 7. The zero-order valence-corrected chi connectivity index (χ0v) is 39.9. The van der Waals surface area contributed by atoms with E-state index in [1.807, 2.05) is 0 Å². The van der Waals surface area contributed by atoms with E-state index in [0.29, 0.717) is 0 Å². The number of fused-ring (bicyclic) bond motifs is 8. The zero-order valence-electron chi connectivity index (χ0n) is 39.9. The highest BCUT2D eigenvalue weighted by Crippen LogP contribution is 2.48. The number of benzene rings is 10. The monoisotopic (exact) mass is 880 g/mol. The second-order valence-corrected chi connectivity index (χ2v) is 19.2. The molecule has 0 atom stereocenters. The highest BCUT2D eigenvalue weighted by Gasteiger charge is 2.24. The largest absolute Gasteiger partial charge is 0.456 e. The van der Waals surface area contributed by atoms with Gasteiger partial charge in [-0.05, 0) is 206 Å². The molecule has 68 heavy (non-hydrogen) atoms. The molecule has 0 amide bonds. The van der Waals surface area contributed by atoms with E-state index in [2.05, 4.69) is 235 Å². The van der Waals surface area contributed by atoms with Crippen molar-refractivity contribution in [1.82, 2.24) is 0 Å². The van der Waals surface area contributed by atoms with E-state index < -0.39 is 0 Å². The highest BCUT2D eigenvalue weighted by molar-refractivity contribution is 6.25. The van der Waals surface area contributed by atoms with Crippen LogP contribution in [0.4, 0.5) is 34.1 Å². The summed E-state index contributed by atoms with van der Waals surface area (Å²) in [5, 5.41) is 8.74. The highest BCUT2D eigenvalue weighted by atomic mass is 16.3. The summed E-state index contributed by atoms with van der Waals surface area (Å²) in [6.07, 6.45) is 0. The summed E-state index contributed by atoms with van der Waals surface area (Å²) in [6, 6.07) is 62.3. The normalized spacial score (nSPS) is 11.8. The Hall–Kier alpha value is -8.08. The molecule has 0 aliphatic rings. The first-order valence-corrected chi connectivity index (χ1v) is 23.6. The third-order valence-corrected chi connectivity index (χ3v) is 14.1. The van der Waals surface area contributed by atoms with Gasteiger partial charge in [0, 0.05) is 61.2 Å². The fourth-order valence-corrected chi connectivity index (χ4v) is 10.4.